The molecule has 1 N–H and O–H groups in total. The third kappa shape index (κ3) is 3.37. The number of hydrogen-bond acceptors (Lipinski definition) is 6. The van der Waals surface area contributed by atoms with E-state index in [1.54, 1.807) is 29.9 Å². The fourth-order valence-electron chi connectivity index (χ4n) is 2.28. The van der Waals surface area contributed by atoms with Gasteiger partial charge in [0, 0.05) is 12.4 Å². The Hall–Kier alpha value is -3.55. The number of anilines is 1. The van der Waals surface area contributed by atoms with Crippen LogP contribution in [0.3, 0.4) is 0 Å². The van der Waals surface area contributed by atoms with Crippen molar-refractivity contribution in [3.05, 3.63) is 65.9 Å². The van der Waals surface area contributed by atoms with Gasteiger partial charge in [-0.15, -0.1) is 0 Å². The molecule has 8 heteroatoms. The van der Waals surface area contributed by atoms with E-state index >= 15 is 0 Å². The number of amides is 1. The summed E-state index contributed by atoms with van der Waals surface area (Å²) in [4.78, 5) is 32.2. The minimum atomic E-state index is -0.525. The number of nitrogens with one attached hydrogen (secondary N) is 1. The summed E-state index contributed by atoms with van der Waals surface area (Å²) in [5.41, 5.74) is 1.68. The summed E-state index contributed by atoms with van der Waals surface area (Å²) in [6, 6.07) is 6.94. The molecule has 3 aromatic rings. The SMILES string of the molecule is COC(=O)c1cncc(NC(=O)c2cnn(-c3ccccn3)c2C)c1. The van der Waals surface area contributed by atoms with E-state index in [-0.39, 0.29) is 11.5 Å². The molecule has 0 bridgehead atoms. The van der Waals surface area contributed by atoms with Gasteiger partial charge in [-0.25, -0.2) is 14.5 Å². The molecule has 1 amide bonds. The first-order valence-electron chi connectivity index (χ1n) is 7.41. The fraction of sp³-hybridized carbons (Fsp3) is 0.118. The minimum Gasteiger partial charge on any atom is -0.465 e. The Bertz CT molecular complexity index is 921. The van der Waals surface area contributed by atoms with Gasteiger partial charge in [0.15, 0.2) is 5.82 Å². The first-order chi connectivity index (χ1) is 12.1. The van der Waals surface area contributed by atoms with Crippen LogP contribution in [-0.2, 0) is 4.74 Å². The molecule has 0 spiro atoms. The molecule has 8 nitrogen and oxygen atoms in total. The Morgan fingerprint density at radius 2 is 2.04 bits per heavy atom. The predicted octanol–water partition coefficient (Wildman–Crippen LogP) is 2.01. The third-order valence-electron chi connectivity index (χ3n) is 3.54. The Labute approximate surface area is 143 Å². The highest BCUT2D eigenvalue weighted by molar-refractivity contribution is 6.05. The first kappa shape index (κ1) is 16.3. The number of carbonyl (C=O) groups excluding carboxylic acids is 2. The molecule has 0 atom stereocenters. The monoisotopic (exact) mass is 337 g/mol. The van der Waals surface area contributed by atoms with Gasteiger partial charge in [0.2, 0.25) is 0 Å². The molecule has 3 heterocycles. The lowest BCUT2D eigenvalue weighted by Crippen LogP contribution is -2.14. The van der Waals surface area contributed by atoms with Crippen LogP contribution in [0.2, 0.25) is 0 Å². The molecule has 126 valence electrons. The van der Waals surface area contributed by atoms with Gasteiger partial charge in [-0.1, -0.05) is 6.07 Å². The van der Waals surface area contributed by atoms with Crippen LogP contribution in [0, 0.1) is 6.92 Å². The highest BCUT2D eigenvalue weighted by Crippen LogP contribution is 2.15. The van der Waals surface area contributed by atoms with Crippen molar-refractivity contribution in [2.45, 2.75) is 6.92 Å². The normalized spacial score (nSPS) is 10.3. The van der Waals surface area contributed by atoms with Crippen molar-refractivity contribution >= 4 is 17.6 Å². The van der Waals surface area contributed by atoms with Gasteiger partial charge < -0.3 is 10.1 Å². The Morgan fingerprint density at radius 1 is 1.20 bits per heavy atom. The quantitative estimate of drug-likeness (QED) is 0.731. The van der Waals surface area contributed by atoms with E-state index in [1.165, 1.54) is 31.8 Å². The molecule has 0 aliphatic heterocycles. The van der Waals surface area contributed by atoms with E-state index in [9.17, 15) is 9.59 Å². The second kappa shape index (κ2) is 6.91. The summed E-state index contributed by atoms with van der Waals surface area (Å²) in [6.45, 7) is 1.78. The Kier molecular flexibility index (Phi) is 4.51. The van der Waals surface area contributed by atoms with Crippen LogP contribution >= 0.6 is 0 Å². The first-order valence-corrected chi connectivity index (χ1v) is 7.41. The summed E-state index contributed by atoms with van der Waals surface area (Å²) in [5, 5.41) is 6.91. The zero-order valence-electron chi connectivity index (χ0n) is 13.6. The predicted molar refractivity (Wildman–Crippen MR) is 89.6 cm³/mol. The van der Waals surface area contributed by atoms with E-state index in [2.05, 4.69) is 25.1 Å². The standard InChI is InChI=1S/C17H15N5O3/c1-11-14(10-20-22(11)15-5-3-4-6-19-15)16(23)21-13-7-12(8-18-9-13)17(24)25-2/h3-10H,1-2H3,(H,21,23). The van der Waals surface area contributed by atoms with Crippen LogP contribution in [0.1, 0.15) is 26.4 Å². The minimum absolute atomic E-state index is 0.251. The zero-order chi connectivity index (χ0) is 17.8. The van der Waals surface area contributed by atoms with Crippen molar-refractivity contribution in [2.75, 3.05) is 12.4 Å². The number of pyridine rings is 2. The molecule has 0 unspecified atom stereocenters. The van der Waals surface area contributed by atoms with Gasteiger partial charge in [-0.3, -0.25) is 9.78 Å². The van der Waals surface area contributed by atoms with Crippen molar-refractivity contribution in [2.24, 2.45) is 0 Å². The van der Waals surface area contributed by atoms with Crippen molar-refractivity contribution in [3.8, 4) is 5.82 Å². The molecule has 0 aromatic carbocycles. The van der Waals surface area contributed by atoms with E-state index in [0.717, 1.165) is 0 Å². The average molecular weight is 337 g/mol. The largest absolute Gasteiger partial charge is 0.465 e. The number of aromatic nitrogens is 4. The molecule has 0 saturated carbocycles. The second-order valence-corrected chi connectivity index (χ2v) is 5.15. The summed E-state index contributed by atoms with van der Waals surface area (Å²) < 4.78 is 6.22. The third-order valence-corrected chi connectivity index (χ3v) is 3.54. The van der Waals surface area contributed by atoms with Gasteiger partial charge in [0.25, 0.3) is 5.91 Å². The molecule has 0 aliphatic rings. The maximum atomic E-state index is 12.5. The number of rotatable bonds is 4. The van der Waals surface area contributed by atoms with E-state index < -0.39 is 5.97 Å². The van der Waals surface area contributed by atoms with Gasteiger partial charge in [0.05, 0.1) is 42.0 Å². The lowest BCUT2D eigenvalue weighted by molar-refractivity contribution is 0.0600. The fourth-order valence-corrected chi connectivity index (χ4v) is 2.28. The number of hydrogen-bond donors (Lipinski definition) is 1. The molecular weight excluding hydrogens is 322 g/mol. The number of ether oxygens (including phenoxy) is 1. The Balaban J connectivity index is 1.83. The van der Waals surface area contributed by atoms with Gasteiger partial charge in [-0.2, -0.15) is 5.10 Å². The molecule has 0 radical (unpaired) electrons. The number of carbonyl (C=O) groups is 2. The maximum Gasteiger partial charge on any atom is 0.339 e. The molecular formula is C17H15N5O3. The molecule has 0 fully saturated rings. The number of nitrogens with zero attached hydrogens (tertiary/aromatic N) is 4. The van der Waals surface area contributed by atoms with Crippen LogP contribution in [0.4, 0.5) is 5.69 Å². The second-order valence-electron chi connectivity index (χ2n) is 5.15. The summed E-state index contributed by atoms with van der Waals surface area (Å²) in [6.07, 6.45) is 5.94. The van der Waals surface area contributed by atoms with E-state index in [4.69, 9.17) is 0 Å². The summed E-state index contributed by atoms with van der Waals surface area (Å²) in [7, 11) is 1.28. The average Bonchev–Trinajstić information content (AvgIpc) is 3.03. The molecule has 0 saturated heterocycles. The lowest BCUT2D eigenvalue weighted by Gasteiger charge is -2.07. The van der Waals surface area contributed by atoms with Crippen LogP contribution in [0.15, 0.2) is 49.1 Å². The van der Waals surface area contributed by atoms with Gasteiger partial charge >= 0.3 is 5.97 Å². The van der Waals surface area contributed by atoms with Crippen molar-refractivity contribution in [1.82, 2.24) is 19.7 Å². The van der Waals surface area contributed by atoms with E-state index in [0.29, 0.717) is 22.8 Å². The van der Waals surface area contributed by atoms with Crippen molar-refractivity contribution in [3.63, 3.8) is 0 Å². The smallest absolute Gasteiger partial charge is 0.339 e. The van der Waals surface area contributed by atoms with Crippen molar-refractivity contribution < 1.29 is 14.3 Å². The number of esters is 1. The van der Waals surface area contributed by atoms with Gasteiger partial charge in [0.1, 0.15) is 0 Å². The van der Waals surface area contributed by atoms with Crippen LogP contribution in [0.5, 0.6) is 0 Å². The summed E-state index contributed by atoms with van der Waals surface area (Å²) >= 11 is 0. The maximum absolute atomic E-state index is 12.5. The molecule has 3 rings (SSSR count). The van der Waals surface area contributed by atoms with Crippen LogP contribution in [0.25, 0.3) is 5.82 Å². The van der Waals surface area contributed by atoms with Gasteiger partial charge in [-0.05, 0) is 25.1 Å². The van der Waals surface area contributed by atoms with Crippen molar-refractivity contribution in [1.29, 1.82) is 0 Å². The van der Waals surface area contributed by atoms with Crippen LogP contribution in [-0.4, -0.2) is 38.7 Å². The molecule has 3 aromatic heterocycles. The number of methoxy groups -OCH3 is 1. The lowest BCUT2D eigenvalue weighted by atomic mass is 10.2. The summed E-state index contributed by atoms with van der Waals surface area (Å²) in [5.74, 6) is -0.264. The highest BCUT2D eigenvalue weighted by Gasteiger charge is 2.16. The van der Waals surface area contributed by atoms with Crippen LogP contribution < -0.4 is 5.32 Å². The molecule has 25 heavy (non-hydrogen) atoms. The molecule has 0 aliphatic carbocycles. The highest BCUT2D eigenvalue weighted by atomic mass is 16.5. The topological polar surface area (TPSA) is 99.0 Å². The zero-order valence-corrected chi connectivity index (χ0v) is 13.6. The van der Waals surface area contributed by atoms with E-state index in [1.807, 2.05) is 6.07 Å². The Morgan fingerprint density at radius 3 is 2.76 bits per heavy atom.